The highest BCUT2D eigenvalue weighted by molar-refractivity contribution is 6.31. The molecule has 0 radical (unpaired) electrons. The molecule has 0 heterocycles. The van der Waals surface area contributed by atoms with E-state index < -0.39 is 6.09 Å². The fraction of sp³-hybridized carbons (Fsp3) is 0.133. The Hall–Kier alpha value is -2.00. The third kappa shape index (κ3) is 4.00. The van der Waals surface area contributed by atoms with Crippen LogP contribution in [-0.2, 0) is 6.54 Å². The van der Waals surface area contributed by atoms with Gasteiger partial charge in [0.1, 0.15) is 5.75 Å². The van der Waals surface area contributed by atoms with Crippen molar-refractivity contribution in [2.24, 2.45) is 0 Å². The van der Waals surface area contributed by atoms with Crippen molar-refractivity contribution >= 4 is 17.7 Å². The van der Waals surface area contributed by atoms with Crippen molar-refractivity contribution in [3.63, 3.8) is 0 Å². The second-order valence-electron chi connectivity index (χ2n) is 4.14. The van der Waals surface area contributed by atoms with Gasteiger partial charge in [-0.15, -0.1) is 0 Å². The maximum absolute atomic E-state index is 11.6. The number of aryl methyl sites for hydroxylation is 1. The fourth-order valence-electron chi connectivity index (χ4n) is 1.55. The van der Waals surface area contributed by atoms with Crippen molar-refractivity contribution in [1.82, 2.24) is 5.32 Å². The lowest BCUT2D eigenvalue weighted by atomic mass is 10.1. The van der Waals surface area contributed by atoms with Crippen LogP contribution in [0.1, 0.15) is 11.1 Å². The molecular weight excluding hydrogens is 262 g/mol. The zero-order chi connectivity index (χ0) is 13.7. The monoisotopic (exact) mass is 275 g/mol. The molecular formula is C15H14ClNO2. The molecule has 0 spiro atoms. The molecule has 0 aliphatic carbocycles. The van der Waals surface area contributed by atoms with Crippen LogP contribution in [0.25, 0.3) is 0 Å². The average molecular weight is 276 g/mol. The van der Waals surface area contributed by atoms with Crippen molar-refractivity contribution in [3.05, 3.63) is 64.7 Å². The number of rotatable bonds is 3. The lowest BCUT2D eigenvalue weighted by Crippen LogP contribution is -2.26. The minimum Gasteiger partial charge on any atom is -0.410 e. The van der Waals surface area contributed by atoms with Gasteiger partial charge in [0.05, 0.1) is 0 Å². The summed E-state index contributed by atoms with van der Waals surface area (Å²) in [5.74, 6) is 0.516. The van der Waals surface area contributed by atoms with Gasteiger partial charge >= 0.3 is 6.09 Å². The van der Waals surface area contributed by atoms with Gasteiger partial charge in [-0.2, -0.15) is 0 Å². The zero-order valence-electron chi connectivity index (χ0n) is 10.5. The number of carbonyl (C=O) groups excluding carboxylic acids is 1. The molecule has 4 heteroatoms. The Bertz CT molecular complexity index is 570. The van der Waals surface area contributed by atoms with Crippen LogP contribution < -0.4 is 10.1 Å². The van der Waals surface area contributed by atoms with Crippen LogP contribution in [-0.4, -0.2) is 6.09 Å². The van der Waals surface area contributed by atoms with Gasteiger partial charge in [0, 0.05) is 11.6 Å². The standard InChI is InChI=1S/C15H14ClNO2/c1-11-7-8-12(9-14(11)16)10-17-15(18)19-13-5-3-2-4-6-13/h2-9H,10H2,1H3,(H,17,18). The second kappa shape index (κ2) is 6.25. The van der Waals surface area contributed by atoms with E-state index in [0.717, 1.165) is 11.1 Å². The van der Waals surface area contributed by atoms with E-state index in [9.17, 15) is 4.79 Å². The maximum atomic E-state index is 11.6. The molecule has 3 nitrogen and oxygen atoms in total. The molecule has 2 rings (SSSR count). The van der Waals surface area contributed by atoms with Crippen molar-refractivity contribution in [3.8, 4) is 5.75 Å². The Morgan fingerprint density at radius 2 is 1.95 bits per heavy atom. The lowest BCUT2D eigenvalue weighted by molar-refractivity contribution is 0.200. The summed E-state index contributed by atoms with van der Waals surface area (Å²) in [6.45, 7) is 2.31. The molecule has 19 heavy (non-hydrogen) atoms. The van der Waals surface area contributed by atoms with Crippen LogP contribution in [0.2, 0.25) is 5.02 Å². The predicted octanol–water partition coefficient (Wildman–Crippen LogP) is 3.94. The smallest absolute Gasteiger partial charge is 0.410 e. The molecule has 0 saturated heterocycles. The summed E-state index contributed by atoms with van der Waals surface area (Å²) in [5, 5.41) is 3.36. The SMILES string of the molecule is Cc1ccc(CNC(=O)Oc2ccccc2)cc1Cl. The number of carbonyl (C=O) groups is 1. The van der Waals surface area contributed by atoms with Gasteiger partial charge in [0.15, 0.2) is 0 Å². The van der Waals surface area contributed by atoms with E-state index in [4.69, 9.17) is 16.3 Å². The zero-order valence-corrected chi connectivity index (χ0v) is 11.3. The number of nitrogens with one attached hydrogen (secondary N) is 1. The Morgan fingerprint density at radius 3 is 2.63 bits per heavy atom. The highest BCUT2D eigenvalue weighted by Crippen LogP contribution is 2.16. The van der Waals surface area contributed by atoms with E-state index in [1.54, 1.807) is 12.1 Å². The van der Waals surface area contributed by atoms with Gasteiger partial charge in [-0.25, -0.2) is 4.79 Å². The number of halogens is 1. The van der Waals surface area contributed by atoms with Crippen LogP contribution in [0.15, 0.2) is 48.5 Å². The molecule has 0 aliphatic rings. The van der Waals surface area contributed by atoms with Gasteiger partial charge in [0.25, 0.3) is 0 Å². The van der Waals surface area contributed by atoms with E-state index >= 15 is 0 Å². The number of hydrogen-bond acceptors (Lipinski definition) is 2. The largest absolute Gasteiger partial charge is 0.412 e. The molecule has 0 aliphatic heterocycles. The van der Waals surface area contributed by atoms with E-state index in [2.05, 4.69) is 5.32 Å². The van der Waals surface area contributed by atoms with Gasteiger partial charge in [-0.3, -0.25) is 0 Å². The minimum absolute atomic E-state index is 0.381. The van der Waals surface area contributed by atoms with Crippen molar-refractivity contribution in [2.75, 3.05) is 0 Å². The highest BCUT2D eigenvalue weighted by atomic mass is 35.5. The Balaban J connectivity index is 1.88. The molecule has 2 aromatic rings. The summed E-state index contributed by atoms with van der Waals surface area (Å²) < 4.78 is 5.11. The number of hydrogen-bond donors (Lipinski definition) is 1. The van der Waals surface area contributed by atoms with Gasteiger partial charge < -0.3 is 10.1 Å². The summed E-state index contributed by atoms with van der Waals surface area (Å²) in [6.07, 6.45) is -0.483. The van der Waals surface area contributed by atoms with Crippen LogP contribution in [0.5, 0.6) is 5.75 Å². The third-order valence-electron chi connectivity index (χ3n) is 2.63. The first-order valence-corrected chi connectivity index (χ1v) is 6.29. The number of para-hydroxylation sites is 1. The average Bonchev–Trinajstić information content (AvgIpc) is 2.41. The molecule has 0 saturated carbocycles. The van der Waals surface area contributed by atoms with Gasteiger partial charge in [-0.05, 0) is 36.2 Å². The Morgan fingerprint density at radius 1 is 1.21 bits per heavy atom. The number of amides is 1. The number of ether oxygens (including phenoxy) is 1. The van der Waals surface area contributed by atoms with E-state index in [-0.39, 0.29) is 0 Å². The first-order valence-electron chi connectivity index (χ1n) is 5.91. The maximum Gasteiger partial charge on any atom is 0.412 e. The summed E-state index contributed by atoms with van der Waals surface area (Å²) in [5.41, 5.74) is 1.94. The van der Waals surface area contributed by atoms with E-state index in [1.165, 1.54) is 0 Å². The third-order valence-corrected chi connectivity index (χ3v) is 3.03. The van der Waals surface area contributed by atoms with Crippen molar-refractivity contribution < 1.29 is 9.53 Å². The molecule has 0 aromatic heterocycles. The lowest BCUT2D eigenvalue weighted by Gasteiger charge is -2.07. The highest BCUT2D eigenvalue weighted by Gasteiger charge is 2.04. The van der Waals surface area contributed by atoms with Crippen LogP contribution >= 0.6 is 11.6 Å². The number of benzene rings is 2. The molecule has 1 amide bonds. The van der Waals surface area contributed by atoms with Crippen molar-refractivity contribution in [2.45, 2.75) is 13.5 Å². The molecule has 2 aromatic carbocycles. The molecule has 0 bridgehead atoms. The van der Waals surface area contributed by atoms with Crippen LogP contribution in [0.4, 0.5) is 4.79 Å². The first kappa shape index (κ1) is 13.4. The van der Waals surface area contributed by atoms with Gasteiger partial charge in [0.2, 0.25) is 0 Å². The molecule has 0 unspecified atom stereocenters. The van der Waals surface area contributed by atoms with E-state index in [0.29, 0.717) is 17.3 Å². The fourth-order valence-corrected chi connectivity index (χ4v) is 1.76. The molecule has 0 atom stereocenters. The van der Waals surface area contributed by atoms with Gasteiger partial charge in [-0.1, -0.05) is 41.9 Å². The quantitative estimate of drug-likeness (QED) is 0.921. The first-order chi connectivity index (χ1) is 9.15. The van der Waals surface area contributed by atoms with Crippen molar-refractivity contribution in [1.29, 1.82) is 0 Å². The van der Waals surface area contributed by atoms with Crippen LogP contribution in [0, 0.1) is 6.92 Å². The summed E-state index contributed by atoms with van der Waals surface area (Å²) >= 11 is 6.01. The molecule has 98 valence electrons. The predicted molar refractivity (Wildman–Crippen MR) is 75.5 cm³/mol. The topological polar surface area (TPSA) is 38.3 Å². The summed E-state index contributed by atoms with van der Waals surface area (Å²) in [7, 11) is 0. The Kier molecular flexibility index (Phi) is 4.42. The summed E-state index contributed by atoms with van der Waals surface area (Å²) in [6, 6.07) is 14.6. The Labute approximate surface area is 117 Å². The second-order valence-corrected chi connectivity index (χ2v) is 4.55. The summed E-state index contributed by atoms with van der Waals surface area (Å²) in [4.78, 5) is 11.6. The molecule has 0 fully saturated rings. The normalized spacial score (nSPS) is 10.0. The molecule has 1 N–H and O–H groups in total. The minimum atomic E-state index is -0.483. The van der Waals surface area contributed by atoms with Crippen LogP contribution in [0.3, 0.4) is 0 Å². The van der Waals surface area contributed by atoms with E-state index in [1.807, 2.05) is 43.3 Å².